The van der Waals surface area contributed by atoms with Crippen LogP contribution in [0.15, 0.2) is 17.1 Å². The standard InChI is InChI=1S/C13H18N2O2/c1-5-14-12-8-9(3)11(7-10(12)4)13(16)15-17-6-2/h5,7-8H,6H2,1-4H3,(H,15,16). The van der Waals surface area contributed by atoms with E-state index in [0.29, 0.717) is 12.2 Å². The normalized spacial score (nSPS) is 10.8. The topological polar surface area (TPSA) is 50.7 Å². The summed E-state index contributed by atoms with van der Waals surface area (Å²) in [6.07, 6.45) is 1.74. The van der Waals surface area contributed by atoms with Crippen LogP contribution >= 0.6 is 0 Å². The lowest BCUT2D eigenvalue weighted by molar-refractivity contribution is 0.0364. The van der Waals surface area contributed by atoms with Gasteiger partial charge in [-0.2, -0.15) is 0 Å². The Morgan fingerprint density at radius 1 is 1.41 bits per heavy atom. The first-order valence-corrected chi connectivity index (χ1v) is 5.62. The Hall–Kier alpha value is -1.68. The number of hydrogen-bond acceptors (Lipinski definition) is 3. The molecule has 92 valence electrons. The fourth-order valence-electron chi connectivity index (χ4n) is 1.52. The Morgan fingerprint density at radius 3 is 2.71 bits per heavy atom. The molecule has 0 radical (unpaired) electrons. The van der Waals surface area contributed by atoms with Crippen molar-refractivity contribution in [2.45, 2.75) is 27.7 Å². The molecule has 4 heteroatoms. The average molecular weight is 234 g/mol. The van der Waals surface area contributed by atoms with Gasteiger partial charge < -0.3 is 0 Å². The summed E-state index contributed by atoms with van der Waals surface area (Å²) >= 11 is 0. The van der Waals surface area contributed by atoms with Crippen LogP contribution in [0.1, 0.15) is 35.3 Å². The van der Waals surface area contributed by atoms with Crippen molar-refractivity contribution in [2.75, 3.05) is 6.61 Å². The minimum Gasteiger partial charge on any atom is -0.274 e. The van der Waals surface area contributed by atoms with E-state index in [-0.39, 0.29) is 5.91 Å². The summed E-state index contributed by atoms with van der Waals surface area (Å²) in [4.78, 5) is 20.9. The Bertz CT molecular complexity index is 439. The maximum Gasteiger partial charge on any atom is 0.275 e. The van der Waals surface area contributed by atoms with Crippen LogP contribution in [-0.4, -0.2) is 18.7 Å². The van der Waals surface area contributed by atoms with Crippen LogP contribution in [0.25, 0.3) is 0 Å². The summed E-state index contributed by atoms with van der Waals surface area (Å²) in [5.41, 5.74) is 5.75. The summed E-state index contributed by atoms with van der Waals surface area (Å²) in [5, 5.41) is 0. The third-order valence-electron chi connectivity index (χ3n) is 2.36. The lowest BCUT2D eigenvalue weighted by atomic mass is 10.0. The highest BCUT2D eigenvalue weighted by Crippen LogP contribution is 2.23. The van der Waals surface area contributed by atoms with Crippen molar-refractivity contribution in [2.24, 2.45) is 4.99 Å². The number of hydroxylamine groups is 1. The van der Waals surface area contributed by atoms with Crippen LogP contribution in [0.3, 0.4) is 0 Å². The van der Waals surface area contributed by atoms with E-state index in [1.807, 2.05) is 39.8 Å². The average Bonchev–Trinajstić information content (AvgIpc) is 2.30. The molecule has 0 aliphatic rings. The summed E-state index contributed by atoms with van der Waals surface area (Å²) in [6, 6.07) is 3.72. The highest BCUT2D eigenvalue weighted by atomic mass is 16.6. The van der Waals surface area contributed by atoms with Crippen molar-refractivity contribution in [3.8, 4) is 0 Å². The fourth-order valence-corrected chi connectivity index (χ4v) is 1.52. The van der Waals surface area contributed by atoms with Gasteiger partial charge in [-0.15, -0.1) is 0 Å². The van der Waals surface area contributed by atoms with E-state index >= 15 is 0 Å². The van der Waals surface area contributed by atoms with E-state index in [9.17, 15) is 4.79 Å². The zero-order chi connectivity index (χ0) is 12.8. The summed E-state index contributed by atoms with van der Waals surface area (Å²) < 4.78 is 0. The van der Waals surface area contributed by atoms with Crippen molar-refractivity contribution in [3.05, 3.63) is 28.8 Å². The third-order valence-corrected chi connectivity index (χ3v) is 2.36. The highest BCUT2D eigenvalue weighted by Gasteiger charge is 2.11. The number of nitrogens with zero attached hydrogens (tertiary/aromatic N) is 1. The van der Waals surface area contributed by atoms with E-state index in [1.165, 1.54) is 0 Å². The SMILES string of the molecule is CC=Nc1cc(C)c(C(=O)NOCC)cc1C. The second-order valence-corrected chi connectivity index (χ2v) is 3.71. The molecule has 0 bridgehead atoms. The third kappa shape index (κ3) is 3.39. The van der Waals surface area contributed by atoms with Crippen molar-refractivity contribution in [1.29, 1.82) is 0 Å². The summed E-state index contributed by atoms with van der Waals surface area (Å²) in [5.74, 6) is -0.223. The van der Waals surface area contributed by atoms with Gasteiger partial charge in [-0.1, -0.05) is 0 Å². The van der Waals surface area contributed by atoms with Gasteiger partial charge in [-0.05, 0) is 51.0 Å². The van der Waals surface area contributed by atoms with E-state index in [0.717, 1.165) is 16.8 Å². The molecule has 1 aromatic rings. The van der Waals surface area contributed by atoms with Gasteiger partial charge in [-0.25, -0.2) is 5.48 Å². The number of carbonyl (C=O) groups excluding carboxylic acids is 1. The summed E-state index contributed by atoms with van der Waals surface area (Å²) in [6.45, 7) is 7.94. The second kappa shape index (κ2) is 6.15. The Balaban J connectivity index is 3.02. The van der Waals surface area contributed by atoms with Gasteiger partial charge in [0.2, 0.25) is 0 Å². The largest absolute Gasteiger partial charge is 0.275 e. The number of nitrogens with one attached hydrogen (secondary N) is 1. The molecule has 1 N–H and O–H groups in total. The van der Waals surface area contributed by atoms with Gasteiger partial charge in [0.25, 0.3) is 5.91 Å². The predicted octanol–water partition coefficient (Wildman–Crippen LogP) is 2.71. The van der Waals surface area contributed by atoms with E-state index in [1.54, 1.807) is 6.21 Å². The second-order valence-electron chi connectivity index (χ2n) is 3.71. The van der Waals surface area contributed by atoms with Crippen LogP contribution in [0.2, 0.25) is 0 Å². The van der Waals surface area contributed by atoms with Gasteiger partial charge in [0.15, 0.2) is 0 Å². The number of hydrogen-bond donors (Lipinski definition) is 1. The van der Waals surface area contributed by atoms with Crippen molar-refractivity contribution in [1.82, 2.24) is 5.48 Å². The Kier molecular flexibility index (Phi) is 4.84. The van der Waals surface area contributed by atoms with Gasteiger partial charge in [0.05, 0.1) is 12.3 Å². The van der Waals surface area contributed by atoms with E-state index < -0.39 is 0 Å². The molecule has 0 aromatic heterocycles. The van der Waals surface area contributed by atoms with Crippen molar-refractivity contribution < 1.29 is 9.63 Å². The maximum absolute atomic E-state index is 11.8. The smallest absolute Gasteiger partial charge is 0.274 e. The molecule has 17 heavy (non-hydrogen) atoms. The summed E-state index contributed by atoms with van der Waals surface area (Å²) in [7, 11) is 0. The van der Waals surface area contributed by atoms with E-state index in [2.05, 4.69) is 10.5 Å². The maximum atomic E-state index is 11.8. The van der Waals surface area contributed by atoms with Gasteiger partial charge in [0.1, 0.15) is 0 Å². The first kappa shape index (κ1) is 13.4. The molecule has 0 fully saturated rings. The molecular weight excluding hydrogens is 216 g/mol. The van der Waals surface area contributed by atoms with Crippen LogP contribution < -0.4 is 5.48 Å². The van der Waals surface area contributed by atoms with Crippen molar-refractivity contribution in [3.63, 3.8) is 0 Å². The minimum atomic E-state index is -0.223. The minimum absolute atomic E-state index is 0.223. The van der Waals surface area contributed by atoms with Crippen LogP contribution in [0.5, 0.6) is 0 Å². The zero-order valence-electron chi connectivity index (χ0n) is 10.7. The lowest BCUT2D eigenvalue weighted by Crippen LogP contribution is -2.24. The van der Waals surface area contributed by atoms with Gasteiger partial charge in [0, 0.05) is 11.8 Å². The van der Waals surface area contributed by atoms with Crippen LogP contribution in [0, 0.1) is 13.8 Å². The molecule has 1 aromatic carbocycles. The molecule has 1 amide bonds. The number of aryl methyl sites for hydroxylation is 2. The molecule has 0 aliphatic carbocycles. The monoisotopic (exact) mass is 234 g/mol. The van der Waals surface area contributed by atoms with Crippen LogP contribution in [-0.2, 0) is 4.84 Å². The molecule has 0 heterocycles. The molecule has 0 saturated heterocycles. The number of benzene rings is 1. The quantitative estimate of drug-likeness (QED) is 0.643. The molecule has 1 rings (SSSR count). The number of aliphatic imine (C=N–C) groups is 1. The number of carbonyl (C=O) groups is 1. The molecule has 0 atom stereocenters. The van der Waals surface area contributed by atoms with E-state index in [4.69, 9.17) is 4.84 Å². The molecule has 0 spiro atoms. The Morgan fingerprint density at radius 2 is 2.12 bits per heavy atom. The predicted molar refractivity (Wildman–Crippen MR) is 68.8 cm³/mol. The first-order valence-electron chi connectivity index (χ1n) is 5.62. The fraction of sp³-hybridized carbons (Fsp3) is 0.385. The molecule has 4 nitrogen and oxygen atoms in total. The number of rotatable bonds is 4. The number of amides is 1. The molecule has 0 aliphatic heterocycles. The molecule has 0 saturated carbocycles. The molecular formula is C13H18N2O2. The molecule has 0 unspecified atom stereocenters. The van der Waals surface area contributed by atoms with Crippen molar-refractivity contribution >= 4 is 17.8 Å². The van der Waals surface area contributed by atoms with Gasteiger partial charge >= 0.3 is 0 Å². The zero-order valence-corrected chi connectivity index (χ0v) is 10.7. The first-order chi connectivity index (χ1) is 8.10. The Labute approximate surface area is 102 Å². The highest BCUT2D eigenvalue weighted by molar-refractivity contribution is 5.95. The van der Waals surface area contributed by atoms with Gasteiger partial charge in [-0.3, -0.25) is 14.6 Å². The lowest BCUT2D eigenvalue weighted by Gasteiger charge is -2.09. The van der Waals surface area contributed by atoms with Crippen LogP contribution in [0.4, 0.5) is 5.69 Å².